The van der Waals surface area contributed by atoms with Crippen molar-refractivity contribution < 1.29 is 4.79 Å². The topological polar surface area (TPSA) is 23.6 Å². The average molecular weight is 314 g/mol. The minimum Gasteiger partial charge on any atom is -0.294 e. The van der Waals surface area contributed by atoms with E-state index in [1.807, 2.05) is 16.8 Å². The zero-order chi connectivity index (χ0) is 15.4. The number of carbonyl (C=O) groups excluding carboxylic acids is 1. The molecule has 1 aliphatic heterocycles. The van der Waals surface area contributed by atoms with Gasteiger partial charge in [-0.25, -0.2) is 0 Å². The van der Waals surface area contributed by atoms with E-state index in [0.29, 0.717) is 12.6 Å². The molecule has 4 heteroatoms. The fraction of sp³-hybridized carbons (Fsp3) is 0.389. The number of carbonyl (C=O) groups is 1. The Morgan fingerprint density at radius 3 is 2.50 bits per heavy atom. The molecule has 3 rings (SSSR count). The van der Waals surface area contributed by atoms with E-state index >= 15 is 0 Å². The van der Waals surface area contributed by atoms with Crippen molar-refractivity contribution in [2.45, 2.75) is 13.0 Å². The summed E-state index contributed by atoms with van der Waals surface area (Å²) < 4.78 is 0. The van der Waals surface area contributed by atoms with Crippen LogP contribution in [-0.4, -0.2) is 48.3 Å². The van der Waals surface area contributed by atoms with E-state index in [0.717, 1.165) is 31.7 Å². The third kappa shape index (κ3) is 3.64. The van der Waals surface area contributed by atoms with Crippen molar-refractivity contribution in [1.82, 2.24) is 9.80 Å². The summed E-state index contributed by atoms with van der Waals surface area (Å²) in [4.78, 5) is 16.9. The van der Waals surface area contributed by atoms with Crippen LogP contribution in [0.25, 0.3) is 0 Å². The second kappa shape index (κ2) is 7.18. The van der Waals surface area contributed by atoms with Gasteiger partial charge in [-0.3, -0.25) is 14.6 Å². The maximum atomic E-state index is 12.2. The summed E-state index contributed by atoms with van der Waals surface area (Å²) in [6.07, 6.45) is 0. The van der Waals surface area contributed by atoms with Gasteiger partial charge in [0.15, 0.2) is 5.78 Å². The van der Waals surface area contributed by atoms with E-state index in [4.69, 9.17) is 0 Å². The van der Waals surface area contributed by atoms with Crippen LogP contribution in [-0.2, 0) is 0 Å². The van der Waals surface area contributed by atoms with Gasteiger partial charge in [-0.15, -0.1) is 0 Å². The van der Waals surface area contributed by atoms with Gasteiger partial charge < -0.3 is 0 Å². The van der Waals surface area contributed by atoms with Crippen LogP contribution in [0.4, 0.5) is 0 Å². The highest BCUT2D eigenvalue weighted by molar-refractivity contribution is 7.08. The van der Waals surface area contributed by atoms with Gasteiger partial charge in [0, 0.05) is 43.2 Å². The standard InChI is InChI=1S/C18H22N2OS/c1-15(16-5-3-2-4-6-16)20-10-8-19(9-11-20)13-18(21)17-7-12-22-14-17/h2-7,12,14-15H,8-11,13H2,1H3. The Kier molecular flexibility index (Phi) is 5.03. The highest BCUT2D eigenvalue weighted by Gasteiger charge is 2.23. The molecular formula is C18H22N2OS. The first kappa shape index (κ1) is 15.4. The quantitative estimate of drug-likeness (QED) is 0.791. The fourth-order valence-corrected chi connectivity index (χ4v) is 3.63. The molecule has 0 bridgehead atoms. The molecule has 1 atom stereocenters. The summed E-state index contributed by atoms with van der Waals surface area (Å²) in [7, 11) is 0. The van der Waals surface area contributed by atoms with E-state index in [-0.39, 0.29) is 5.78 Å². The third-order valence-electron chi connectivity index (χ3n) is 4.45. The van der Waals surface area contributed by atoms with Gasteiger partial charge in [-0.05, 0) is 23.9 Å². The van der Waals surface area contributed by atoms with Crippen LogP contribution in [0, 0.1) is 0 Å². The molecule has 0 saturated carbocycles. The Labute approximate surface area is 136 Å². The lowest BCUT2D eigenvalue weighted by Crippen LogP contribution is -2.48. The third-order valence-corrected chi connectivity index (χ3v) is 5.13. The largest absolute Gasteiger partial charge is 0.294 e. The molecule has 0 spiro atoms. The van der Waals surface area contributed by atoms with Crippen molar-refractivity contribution in [1.29, 1.82) is 0 Å². The molecule has 1 unspecified atom stereocenters. The van der Waals surface area contributed by atoms with Gasteiger partial charge in [0.05, 0.1) is 6.54 Å². The van der Waals surface area contributed by atoms with E-state index in [9.17, 15) is 4.79 Å². The number of thiophene rings is 1. The fourth-order valence-electron chi connectivity index (χ4n) is 2.97. The smallest absolute Gasteiger partial charge is 0.177 e. The molecule has 1 aromatic heterocycles. The monoisotopic (exact) mass is 314 g/mol. The number of hydrogen-bond acceptors (Lipinski definition) is 4. The molecule has 2 heterocycles. The van der Waals surface area contributed by atoms with Crippen molar-refractivity contribution in [3.8, 4) is 0 Å². The molecular weight excluding hydrogens is 292 g/mol. The molecule has 1 aliphatic rings. The molecule has 2 aromatic rings. The number of piperazine rings is 1. The summed E-state index contributed by atoms with van der Waals surface area (Å²) >= 11 is 1.58. The predicted molar refractivity (Wildman–Crippen MR) is 91.5 cm³/mol. The van der Waals surface area contributed by atoms with Crippen molar-refractivity contribution in [3.63, 3.8) is 0 Å². The Bertz CT molecular complexity index is 589. The lowest BCUT2D eigenvalue weighted by Gasteiger charge is -2.38. The van der Waals surface area contributed by atoms with E-state index < -0.39 is 0 Å². The summed E-state index contributed by atoms with van der Waals surface area (Å²) in [5.41, 5.74) is 2.22. The Hall–Kier alpha value is -1.49. The maximum absolute atomic E-state index is 12.2. The van der Waals surface area contributed by atoms with Crippen LogP contribution in [0.5, 0.6) is 0 Å². The highest BCUT2D eigenvalue weighted by Crippen LogP contribution is 2.21. The summed E-state index contributed by atoms with van der Waals surface area (Å²) in [6.45, 7) is 6.78. The minimum absolute atomic E-state index is 0.241. The van der Waals surface area contributed by atoms with Crippen molar-refractivity contribution in [2.24, 2.45) is 0 Å². The van der Waals surface area contributed by atoms with Gasteiger partial charge in [0.1, 0.15) is 0 Å². The first-order chi connectivity index (χ1) is 10.7. The molecule has 0 aliphatic carbocycles. The zero-order valence-electron chi connectivity index (χ0n) is 12.9. The Morgan fingerprint density at radius 2 is 1.86 bits per heavy atom. The van der Waals surface area contributed by atoms with Crippen molar-refractivity contribution >= 4 is 17.1 Å². The molecule has 1 saturated heterocycles. The van der Waals surface area contributed by atoms with Gasteiger partial charge in [-0.1, -0.05) is 30.3 Å². The van der Waals surface area contributed by atoms with Gasteiger partial charge >= 0.3 is 0 Å². The second-order valence-corrected chi connectivity index (χ2v) is 6.61. The molecule has 0 amide bonds. The summed E-state index contributed by atoms with van der Waals surface area (Å²) in [6, 6.07) is 13.0. The van der Waals surface area contributed by atoms with Crippen molar-refractivity contribution in [2.75, 3.05) is 32.7 Å². The molecule has 1 aromatic carbocycles. The lowest BCUT2D eigenvalue weighted by atomic mass is 10.1. The Morgan fingerprint density at radius 1 is 1.14 bits per heavy atom. The molecule has 22 heavy (non-hydrogen) atoms. The maximum Gasteiger partial charge on any atom is 0.177 e. The van der Waals surface area contributed by atoms with Crippen LogP contribution in [0.3, 0.4) is 0 Å². The van der Waals surface area contributed by atoms with Crippen LogP contribution < -0.4 is 0 Å². The zero-order valence-corrected chi connectivity index (χ0v) is 13.8. The number of nitrogens with zero attached hydrogens (tertiary/aromatic N) is 2. The summed E-state index contributed by atoms with van der Waals surface area (Å²) in [5.74, 6) is 0.241. The van der Waals surface area contributed by atoms with Gasteiger partial charge in [-0.2, -0.15) is 11.3 Å². The first-order valence-corrected chi connectivity index (χ1v) is 8.75. The lowest BCUT2D eigenvalue weighted by molar-refractivity contribution is 0.0789. The van der Waals surface area contributed by atoms with Crippen LogP contribution >= 0.6 is 11.3 Å². The molecule has 3 nitrogen and oxygen atoms in total. The number of rotatable bonds is 5. The van der Waals surface area contributed by atoms with Crippen molar-refractivity contribution in [3.05, 3.63) is 58.3 Å². The minimum atomic E-state index is 0.241. The van der Waals surface area contributed by atoms with Crippen LogP contribution in [0.15, 0.2) is 47.2 Å². The Balaban J connectivity index is 1.51. The highest BCUT2D eigenvalue weighted by atomic mass is 32.1. The van der Waals surface area contributed by atoms with Gasteiger partial charge in [0.25, 0.3) is 0 Å². The number of ketones is 1. The van der Waals surface area contributed by atoms with Crippen LogP contribution in [0.2, 0.25) is 0 Å². The van der Waals surface area contributed by atoms with E-state index in [2.05, 4.69) is 47.1 Å². The second-order valence-electron chi connectivity index (χ2n) is 5.83. The summed E-state index contributed by atoms with van der Waals surface area (Å²) in [5, 5.41) is 3.91. The SMILES string of the molecule is CC(c1ccccc1)N1CCN(CC(=O)c2ccsc2)CC1. The van der Waals surface area contributed by atoms with Gasteiger partial charge in [0.2, 0.25) is 0 Å². The first-order valence-electron chi connectivity index (χ1n) is 7.81. The molecule has 116 valence electrons. The van der Waals surface area contributed by atoms with E-state index in [1.165, 1.54) is 5.56 Å². The number of hydrogen-bond donors (Lipinski definition) is 0. The molecule has 0 N–H and O–H groups in total. The predicted octanol–water partition coefficient (Wildman–Crippen LogP) is 3.31. The average Bonchev–Trinajstić information content (AvgIpc) is 3.10. The number of Topliss-reactive ketones (excluding diaryl/α,β-unsaturated/α-hetero) is 1. The normalized spacial score (nSPS) is 18.2. The molecule has 1 fully saturated rings. The van der Waals surface area contributed by atoms with Crippen LogP contribution in [0.1, 0.15) is 28.9 Å². The number of benzene rings is 1. The molecule has 0 radical (unpaired) electrons. The van der Waals surface area contributed by atoms with E-state index in [1.54, 1.807) is 11.3 Å².